The van der Waals surface area contributed by atoms with Gasteiger partial charge in [0.2, 0.25) is 0 Å². The number of aliphatic carboxylic acids is 1. The summed E-state index contributed by atoms with van der Waals surface area (Å²) in [4.78, 5) is 24.4. The van der Waals surface area contributed by atoms with Crippen LogP contribution in [0.5, 0.6) is 0 Å². The van der Waals surface area contributed by atoms with Crippen LogP contribution < -0.4 is 5.32 Å². The van der Waals surface area contributed by atoms with Crippen molar-refractivity contribution in [3.8, 4) is 0 Å². The third-order valence-corrected chi connectivity index (χ3v) is 5.41. The molecule has 1 aliphatic carbocycles. The number of hydrogen-bond donors (Lipinski definition) is 2. The molecule has 2 N–H and O–H groups in total. The Bertz CT molecular complexity index is 863. The molecule has 2 aliphatic rings. The maximum atomic E-state index is 12.8. The summed E-state index contributed by atoms with van der Waals surface area (Å²) in [6, 6.07) is 11.2. The Kier molecular flexibility index (Phi) is 11.3. The number of carboxylic acid groups (broad SMARTS) is 1. The summed E-state index contributed by atoms with van der Waals surface area (Å²) in [6.07, 6.45) is 8.38. The molecule has 0 saturated carbocycles. The molecule has 0 bridgehead atoms. The number of carbonyl (C=O) groups excluding carboxylic acids is 1. The van der Waals surface area contributed by atoms with Crippen LogP contribution in [0, 0.1) is 5.41 Å². The number of nitrogens with one attached hydrogen (secondary N) is 1. The summed E-state index contributed by atoms with van der Waals surface area (Å²) in [5.41, 5.74) is 4.03. The van der Waals surface area contributed by atoms with E-state index in [4.69, 9.17) is 9.90 Å². The molecule has 5 nitrogen and oxygen atoms in total. The summed E-state index contributed by atoms with van der Waals surface area (Å²) >= 11 is 0. The normalized spacial score (nSPS) is 20.0. The molecule has 0 unspecified atom stereocenters. The summed E-state index contributed by atoms with van der Waals surface area (Å²) in [5, 5.41) is 10.9. The molecule has 3 rings (SSSR count). The molecule has 1 saturated heterocycles. The number of rotatable bonds is 5. The predicted molar refractivity (Wildman–Crippen MR) is 126 cm³/mol. The van der Waals surface area contributed by atoms with Crippen LogP contribution in [0.3, 0.4) is 0 Å². The van der Waals surface area contributed by atoms with E-state index < -0.39 is 5.97 Å². The van der Waals surface area contributed by atoms with Crippen LogP contribution in [-0.4, -0.2) is 40.9 Å². The third kappa shape index (κ3) is 8.86. The van der Waals surface area contributed by atoms with Gasteiger partial charge in [-0.25, -0.2) is 0 Å². The van der Waals surface area contributed by atoms with E-state index in [-0.39, 0.29) is 31.6 Å². The van der Waals surface area contributed by atoms with Crippen molar-refractivity contribution >= 4 is 11.8 Å². The second kappa shape index (κ2) is 12.9. The number of carbonyl (C=O) groups is 2. The van der Waals surface area contributed by atoms with E-state index in [1.54, 1.807) is 0 Å². The van der Waals surface area contributed by atoms with Crippen LogP contribution >= 0.6 is 0 Å². The first kappa shape index (κ1) is 28.0. The molecule has 0 amide bonds. The zero-order valence-corrected chi connectivity index (χ0v) is 21.3. The first-order valence-corrected chi connectivity index (χ1v) is 10.9. The number of likely N-dealkylation sites (tertiary alicyclic amines) is 1. The van der Waals surface area contributed by atoms with Crippen LogP contribution in [0.4, 0.5) is 0 Å². The number of hydrogen-bond acceptors (Lipinski definition) is 4. The predicted octanol–water partition coefficient (Wildman–Crippen LogP) is 4.71. The standard InChI is InChI=1S/C24H32N2O.C2H4O2.Pd/c1-18-13-20(23(27)22(14-18)24(2,3)4)15-25-16-21-11-8-12-26(21)17-19-9-6-5-7-10-19;1-2(3)4;/h5-7,9-10,13-15,21,25H,8,11-12,16-17H2,1-4H3;1H3,(H,3,4);/b20-15-;;/t21-;;/m0../s1. The fourth-order valence-electron chi connectivity index (χ4n) is 3.92. The number of allylic oxidation sites excluding steroid dienone is 5. The molecule has 1 fully saturated rings. The second-order valence-electron chi connectivity index (χ2n) is 9.30. The molecule has 1 atom stereocenters. The Labute approximate surface area is 206 Å². The fraction of sp³-hybridized carbons (Fsp3) is 0.462. The van der Waals surface area contributed by atoms with Crippen molar-refractivity contribution in [2.45, 2.75) is 60.0 Å². The molecular weight excluding hydrogens is 495 g/mol. The Balaban J connectivity index is 0.000000945. The molecule has 0 spiro atoms. The van der Waals surface area contributed by atoms with Crippen molar-refractivity contribution in [2.24, 2.45) is 5.41 Å². The molecule has 1 aliphatic heterocycles. The fourth-order valence-corrected chi connectivity index (χ4v) is 3.92. The van der Waals surface area contributed by atoms with Gasteiger partial charge >= 0.3 is 0 Å². The van der Waals surface area contributed by atoms with E-state index in [2.05, 4.69) is 68.2 Å². The molecule has 178 valence electrons. The minimum absolute atomic E-state index is 0. The van der Waals surface area contributed by atoms with Gasteiger partial charge in [-0.2, -0.15) is 0 Å². The summed E-state index contributed by atoms with van der Waals surface area (Å²) in [6.45, 7) is 12.5. The van der Waals surface area contributed by atoms with Crippen molar-refractivity contribution in [2.75, 3.05) is 13.1 Å². The largest absolute Gasteiger partial charge is 0.481 e. The number of nitrogens with zero attached hydrogens (tertiary/aromatic N) is 1. The summed E-state index contributed by atoms with van der Waals surface area (Å²) < 4.78 is 0. The van der Waals surface area contributed by atoms with E-state index in [9.17, 15) is 4.79 Å². The van der Waals surface area contributed by atoms with Gasteiger partial charge in [-0.3, -0.25) is 14.5 Å². The van der Waals surface area contributed by atoms with Gasteiger partial charge in [0.25, 0.3) is 5.97 Å². The monoisotopic (exact) mass is 530 g/mol. The van der Waals surface area contributed by atoms with Gasteiger partial charge in [-0.1, -0.05) is 57.2 Å². The maximum Gasteiger partial charge on any atom is 0.300 e. The molecule has 1 heterocycles. The van der Waals surface area contributed by atoms with Crippen molar-refractivity contribution < 1.29 is 35.1 Å². The van der Waals surface area contributed by atoms with Crippen molar-refractivity contribution in [3.05, 3.63) is 71.0 Å². The van der Waals surface area contributed by atoms with Gasteiger partial charge in [-0.15, -0.1) is 0 Å². The average molecular weight is 531 g/mol. The third-order valence-electron chi connectivity index (χ3n) is 5.41. The van der Waals surface area contributed by atoms with Gasteiger partial charge in [0, 0.05) is 63.8 Å². The zero-order chi connectivity index (χ0) is 23.0. The number of benzene rings is 1. The van der Waals surface area contributed by atoms with E-state index in [1.165, 1.54) is 18.4 Å². The second-order valence-corrected chi connectivity index (χ2v) is 9.30. The number of Topliss-reactive ketones (excluding diaryl/α,β-unsaturated/α-hetero) is 1. The van der Waals surface area contributed by atoms with Crippen molar-refractivity contribution in [1.82, 2.24) is 10.2 Å². The molecular formula is C26H36N2O3Pd. The molecule has 1 aromatic rings. The van der Waals surface area contributed by atoms with E-state index in [1.807, 2.05) is 18.4 Å². The van der Waals surface area contributed by atoms with Gasteiger partial charge in [-0.05, 0) is 48.9 Å². The molecule has 1 aromatic carbocycles. The van der Waals surface area contributed by atoms with E-state index >= 15 is 0 Å². The number of ketones is 1. The molecule has 6 heteroatoms. The first-order chi connectivity index (χ1) is 14.6. The SMILES string of the molecule is CC(=O)O.CC1=C/C(=C/NC[C@@H]2CCCN2Cc2ccccc2)C(=O)C(C(C)(C)C)=C1.[Pd]. The van der Waals surface area contributed by atoms with Crippen LogP contribution in [-0.2, 0) is 36.6 Å². The Hall–Kier alpha value is -2.00. The van der Waals surface area contributed by atoms with E-state index in [0.29, 0.717) is 6.04 Å². The Morgan fingerprint density at radius 3 is 2.44 bits per heavy atom. The number of carboxylic acids is 1. The Morgan fingerprint density at radius 1 is 1.22 bits per heavy atom. The molecule has 0 radical (unpaired) electrons. The molecule has 0 aromatic heterocycles. The Morgan fingerprint density at radius 2 is 1.84 bits per heavy atom. The quantitative estimate of drug-likeness (QED) is 0.426. The zero-order valence-electron chi connectivity index (χ0n) is 19.8. The minimum atomic E-state index is -0.833. The van der Waals surface area contributed by atoms with Crippen molar-refractivity contribution in [1.29, 1.82) is 0 Å². The van der Waals surface area contributed by atoms with Crippen molar-refractivity contribution in [3.63, 3.8) is 0 Å². The summed E-state index contributed by atoms with van der Waals surface area (Å²) in [5.74, 6) is -0.687. The van der Waals surface area contributed by atoms with Gasteiger partial charge < -0.3 is 10.4 Å². The maximum absolute atomic E-state index is 12.8. The average Bonchev–Trinajstić information content (AvgIpc) is 3.10. The van der Waals surface area contributed by atoms with Gasteiger partial charge in [0.1, 0.15) is 0 Å². The van der Waals surface area contributed by atoms with Crippen LogP contribution in [0.25, 0.3) is 0 Å². The topological polar surface area (TPSA) is 69.6 Å². The van der Waals surface area contributed by atoms with Gasteiger partial charge in [0.05, 0.1) is 0 Å². The van der Waals surface area contributed by atoms with Gasteiger partial charge in [0.15, 0.2) is 5.78 Å². The van der Waals surface area contributed by atoms with Crippen LogP contribution in [0.1, 0.15) is 53.0 Å². The molecule has 32 heavy (non-hydrogen) atoms. The van der Waals surface area contributed by atoms with E-state index in [0.717, 1.165) is 43.3 Å². The summed E-state index contributed by atoms with van der Waals surface area (Å²) in [7, 11) is 0. The van der Waals surface area contributed by atoms with Crippen LogP contribution in [0.2, 0.25) is 0 Å². The van der Waals surface area contributed by atoms with Crippen LogP contribution in [0.15, 0.2) is 65.4 Å². The minimum Gasteiger partial charge on any atom is -0.481 e. The first-order valence-electron chi connectivity index (χ1n) is 10.9. The smallest absolute Gasteiger partial charge is 0.300 e.